The molecule has 2 saturated heterocycles. The molecule has 192 valence electrons. The van der Waals surface area contributed by atoms with E-state index >= 15 is 4.39 Å². The van der Waals surface area contributed by atoms with E-state index in [-0.39, 0.29) is 44.7 Å². The molecule has 35 heavy (non-hydrogen) atoms. The second-order valence-electron chi connectivity index (χ2n) is 10.7. The number of nitriles is 1. The number of aromatic amines is 1. The Morgan fingerprint density at radius 1 is 1.40 bits per heavy atom. The third kappa shape index (κ3) is 4.53. The number of ether oxygens (including phenoxy) is 1. The number of aromatic nitrogens is 3. The maximum atomic E-state index is 16.0. The molecule has 0 bridgehead atoms. The van der Waals surface area contributed by atoms with Gasteiger partial charge < -0.3 is 19.2 Å². The first-order chi connectivity index (χ1) is 16.2. The van der Waals surface area contributed by atoms with E-state index in [9.17, 15) is 19.1 Å². The summed E-state index contributed by atoms with van der Waals surface area (Å²) in [6.45, 7) is 8.90. The molecule has 2 N–H and O–H groups in total. The monoisotopic (exact) mass is 531 g/mol. The van der Waals surface area contributed by atoms with E-state index in [2.05, 4.69) is 15.2 Å². The van der Waals surface area contributed by atoms with Gasteiger partial charge in [-0.05, 0) is 18.1 Å². The summed E-state index contributed by atoms with van der Waals surface area (Å²) in [6.07, 6.45) is -5.33. The lowest BCUT2D eigenvalue weighted by molar-refractivity contribution is -0.0205. The van der Waals surface area contributed by atoms with Gasteiger partial charge in [-0.15, -0.1) is 0 Å². The Labute approximate surface area is 207 Å². The third-order valence-corrected chi connectivity index (χ3v) is 12.0. The van der Waals surface area contributed by atoms with Crippen LogP contribution < -0.4 is 4.90 Å². The lowest BCUT2D eigenvalue weighted by Gasteiger charge is -2.39. The molecule has 4 rings (SSSR count). The molecule has 2 aliphatic rings. The van der Waals surface area contributed by atoms with Crippen molar-refractivity contribution in [2.75, 3.05) is 24.6 Å². The summed E-state index contributed by atoms with van der Waals surface area (Å²) >= 11 is 6.18. The summed E-state index contributed by atoms with van der Waals surface area (Å²) in [6, 6.07) is 1.94. The van der Waals surface area contributed by atoms with Gasteiger partial charge >= 0.3 is 0 Å². The number of hydrogen-bond donors (Lipinski definition) is 2. The first-order valence-electron chi connectivity index (χ1n) is 11.4. The molecule has 4 atom stereocenters. The number of aliphatic hydroxyl groups is 1. The molecule has 0 radical (unpaired) electrons. The summed E-state index contributed by atoms with van der Waals surface area (Å²) in [5.41, 5.74) is 0.215. The highest BCUT2D eigenvalue weighted by Gasteiger charge is 2.52. The highest BCUT2D eigenvalue weighted by molar-refractivity contribution is 6.74. The molecule has 13 heteroatoms. The molecule has 0 amide bonds. The van der Waals surface area contributed by atoms with E-state index in [1.54, 1.807) is 0 Å². The van der Waals surface area contributed by atoms with Crippen LogP contribution in [0.3, 0.4) is 0 Å². The SMILES string of the molecule is CC(C)(C)[Si](C)(C)O[C@H]1[C@@H](F)[C@@H](c2[nH]nc3nc(Cl)c(C#N)c(N4CCC(F)(F)C4)c23)O[C@@H]1CO. The van der Waals surface area contributed by atoms with Crippen molar-refractivity contribution in [3.8, 4) is 6.07 Å². The second kappa shape index (κ2) is 8.88. The number of anilines is 1. The quantitative estimate of drug-likeness (QED) is 0.432. The smallest absolute Gasteiger partial charge is 0.266 e. The van der Waals surface area contributed by atoms with Gasteiger partial charge in [0.25, 0.3) is 5.92 Å². The zero-order valence-corrected chi connectivity index (χ0v) is 22.0. The van der Waals surface area contributed by atoms with Crippen LogP contribution in [-0.2, 0) is 9.16 Å². The molecule has 2 aromatic rings. The summed E-state index contributed by atoms with van der Waals surface area (Å²) in [5.74, 6) is -2.95. The van der Waals surface area contributed by atoms with Gasteiger partial charge in [0.1, 0.15) is 29.9 Å². The van der Waals surface area contributed by atoms with Crippen LogP contribution in [-0.4, -0.2) is 72.6 Å². The standard InChI is InChI=1S/C22H29ClF3N5O3Si/c1-21(2,3)35(4,5)34-17-12(9-32)33-18(14(17)24)15-13-16(31-7-6-22(25,26)10-31)11(8-27)19(23)28-20(13)30-29-15/h12,14,17-18,32H,6-7,9-10H2,1-5H3,(H,28,29,30)/t12-,14-,17-,18+/m1/s1. The molecule has 0 spiro atoms. The molecule has 8 nitrogen and oxygen atoms in total. The molecule has 0 saturated carbocycles. The van der Waals surface area contributed by atoms with Crippen LogP contribution in [0.5, 0.6) is 0 Å². The minimum atomic E-state index is -2.95. The predicted molar refractivity (Wildman–Crippen MR) is 127 cm³/mol. The van der Waals surface area contributed by atoms with Crippen molar-refractivity contribution in [3.63, 3.8) is 0 Å². The molecule has 2 aliphatic heterocycles. The van der Waals surface area contributed by atoms with Gasteiger partial charge in [0, 0.05) is 13.0 Å². The lowest BCUT2D eigenvalue weighted by atomic mass is 10.0. The van der Waals surface area contributed by atoms with Crippen LogP contribution in [0.2, 0.25) is 23.3 Å². The summed E-state index contributed by atoms with van der Waals surface area (Å²) < 4.78 is 56.3. The van der Waals surface area contributed by atoms with Crippen LogP contribution in [0.4, 0.5) is 18.9 Å². The van der Waals surface area contributed by atoms with Crippen molar-refractivity contribution in [3.05, 3.63) is 16.4 Å². The topological polar surface area (TPSA) is 107 Å². The lowest BCUT2D eigenvalue weighted by Crippen LogP contribution is -2.48. The van der Waals surface area contributed by atoms with E-state index in [0.29, 0.717) is 0 Å². The first kappa shape index (κ1) is 26.2. The average Bonchev–Trinajstić information content (AvgIpc) is 3.41. The van der Waals surface area contributed by atoms with Crippen LogP contribution in [0.25, 0.3) is 11.0 Å². The maximum absolute atomic E-state index is 16.0. The van der Waals surface area contributed by atoms with Crippen LogP contribution in [0.1, 0.15) is 44.6 Å². The molecular weight excluding hydrogens is 503 g/mol. The van der Waals surface area contributed by atoms with Gasteiger partial charge in [0.15, 0.2) is 25.3 Å². The van der Waals surface area contributed by atoms with E-state index in [4.69, 9.17) is 20.8 Å². The summed E-state index contributed by atoms with van der Waals surface area (Å²) in [5, 5.41) is 26.3. The molecule has 0 aliphatic carbocycles. The minimum absolute atomic E-state index is 0.0251. The van der Waals surface area contributed by atoms with Gasteiger partial charge in [0.2, 0.25) is 0 Å². The van der Waals surface area contributed by atoms with E-state index < -0.39 is 58.3 Å². The van der Waals surface area contributed by atoms with E-state index in [1.807, 2.05) is 39.9 Å². The number of alkyl halides is 3. The van der Waals surface area contributed by atoms with Gasteiger partial charge in [-0.3, -0.25) is 5.10 Å². The van der Waals surface area contributed by atoms with Gasteiger partial charge in [-0.25, -0.2) is 18.2 Å². The first-order valence-corrected chi connectivity index (χ1v) is 14.7. The van der Waals surface area contributed by atoms with Crippen molar-refractivity contribution in [2.24, 2.45) is 0 Å². The molecular formula is C22H29ClF3N5O3Si. The Morgan fingerprint density at radius 3 is 2.63 bits per heavy atom. The number of pyridine rings is 1. The number of halogens is 4. The molecule has 0 unspecified atom stereocenters. The zero-order chi connectivity index (χ0) is 25.9. The van der Waals surface area contributed by atoms with E-state index in [1.165, 1.54) is 4.90 Å². The highest BCUT2D eigenvalue weighted by atomic mass is 35.5. The summed E-state index contributed by atoms with van der Waals surface area (Å²) in [7, 11) is -2.43. The van der Waals surface area contributed by atoms with Crippen molar-refractivity contribution in [1.29, 1.82) is 5.26 Å². The fourth-order valence-corrected chi connectivity index (χ4v) is 5.86. The fraction of sp³-hybridized carbons (Fsp3) is 0.682. The predicted octanol–water partition coefficient (Wildman–Crippen LogP) is 4.49. The third-order valence-electron chi connectivity index (χ3n) is 7.25. The fourth-order valence-electron chi connectivity index (χ4n) is 4.33. The van der Waals surface area contributed by atoms with Crippen LogP contribution >= 0.6 is 11.6 Å². The molecule has 2 fully saturated rings. The van der Waals surface area contributed by atoms with Crippen LogP contribution in [0, 0.1) is 11.3 Å². The molecule has 2 aromatic heterocycles. The number of hydrogen-bond acceptors (Lipinski definition) is 7. The van der Waals surface area contributed by atoms with E-state index in [0.717, 1.165) is 0 Å². The average molecular weight is 532 g/mol. The molecule has 0 aromatic carbocycles. The Bertz CT molecular complexity index is 1170. The number of rotatable bonds is 5. The van der Waals surface area contributed by atoms with Crippen molar-refractivity contribution >= 4 is 36.6 Å². The normalized spacial score (nSPS) is 27.1. The second-order valence-corrected chi connectivity index (χ2v) is 15.8. The number of fused-ring (bicyclic) bond motifs is 1. The number of aliphatic hydroxyl groups excluding tert-OH is 1. The number of H-pyrrole nitrogens is 1. The van der Waals surface area contributed by atoms with Crippen molar-refractivity contribution < 1.29 is 27.4 Å². The highest BCUT2D eigenvalue weighted by Crippen LogP contribution is 2.47. The maximum Gasteiger partial charge on any atom is 0.266 e. The van der Waals surface area contributed by atoms with Gasteiger partial charge in [0.05, 0.1) is 29.9 Å². The Hall–Kier alpha value is -1.91. The number of nitrogens with one attached hydrogen (secondary N) is 1. The largest absolute Gasteiger partial charge is 0.408 e. The van der Waals surface area contributed by atoms with Gasteiger partial charge in [-0.2, -0.15) is 10.4 Å². The Balaban J connectivity index is 1.80. The Kier molecular flexibility index (Phi) is 6.64. The van der Waals surface area contributed by atoms with Crippen molar-refractivity contribution in [1.82, 2.24) is 15.2 Å². The minimum Gasteiger partial charge on any atom is -0.408 e. The zero-order valence-electron chi connectivity index (χ0n) is 20.2. The van der Waals surface area contributed by atoms with Crippen molar-refractivity contribution in [2.45, 2.75) is 75.7 Å². The molecule has 4 heterocycles. The summed E-state index contributed by atoms with van der Waals surface area (Å²) in [4.78, 5) is 5.47. The Morgan fingerprint density at radius 2 is 2.09 bits per heavy atom. The van der Waals surface area contributed by atoms with Crippen LogP contribution in [0.15, 0.2) is 0 Å². The van der Waals surface area contributed by atoms with Gasteiger partial charge in [-0.1, -0.05) is 32.4 Å². The number of nitrogens with zero attached hydrogens (tertiary/aromatic N) is 4.